The van der Waals surface area contributed by atoms with E-state index in [9.17, 15) is 19.2 Å². The summed E-state index contributed by atoms with van der Waals surface area (Å²) in [5, 5.41) is 0. The molecule has 0 spiro atoms. The molecule has 22 heavy (non-hydrogen) atoms. The molecule has 0 aliphatic carbocycles. The average molecular weight is 312 g/mol. The molecule has 0 radical (unpaired) electrons. The molecule has 0 amide bonds. The van der Waals surface area contributed by atoms with Crippen molar-refractivity contribution in [2.75, 3.05) is 13.2 Å². The summed E-state index contributed by atoms with van der Waals surface area (Å²) in [6, 6.07) is 0. The van der Waals surface area contributed by atoms with E-state index in [0.29, 0.717) is 12.8 Å². The van der Waals surface area contributed by atoms with Gasteiger partial charge in [0.2, 0.25) is 0 Å². The third kappa shape index (κ3) is 11.8. The van der Waals surface area contributed by atoms with Gasteiger partial charge in [-0.25, -0.2) is 9.59 Å². The minimum absolute atomic E-state index is 0.182. The lowest BCUT2D eigenvalue weighted by Crippen LogP contribution is -2.15. The highest BCUT2D eigenvalue weighted by molar-refractivity contribution is 5.93. The molecule has 0 aromatic carbocycles. The Morgan fingerprint density at radius 3 is 1.32 bits per heavy atom. The number of hydrogen-bond donors (Lipinski definition) is 0. The molecule has 124 valence electrons. The van der Waals surface area contributed by atoms with Gasteiger partial charge >= 0.3 is 11.9 Å². The maximum absolute atomic E-state index is 11.3. The fourth-order valence-corrected chi connectivity index (χ4v) is 1.56. The summed E-state index contributed by atoms with van der Waals surface area (Å²) in [4.78, 5) is 45.2. The standard InChI is InChI=1S/C16H24O6/c1-11(2)7-13(17)9-21-15(19)5-6-16(20)22-10-14(18)8-12(3)4/h5-6,11-12H,7-10H2,1-4H3/b6-5+. The molecular weight excluding hydrogens is 288 g/mol. The first kappa shape index (κ1) is 20.0. The number of esters is 2. The molecule has 0 heterocycles. The average Bonchev–Trinajstić information content (AvgIpc) is 2.39. The summed E-state index contributed by atoms with van der Waals surface area (Å²) in [5.41, 5.74) is 0. The number of carbonyl (C=O) groups is 4. The van der Waals surface area contributed by atoms with Crippen molar-refractivity contribution < 1.29 is 28.7 Å². The van der Waals surface area contributed by atoms with Crippen molar-refractivity contribution in [1.82, 2.24) is 0 Å². The number of hydrogen-bond acceptors (Lipinski definition) is 6. The molecule has 0 unspecified atom stereocenters. The van der Waals surface area contributed by atoms with Crippen LogP contribution in [0.1, 0.15) is 40.5 Å². The molecular formula is C16H24O6. The van der Waals surface area contributed by atoms with Crippen LogP contribution < -0.4 is 0 Å². The van der Waals surface area contributed by atoms with Gasteiger partial charge < -0.3 is 9.47 Å². The van der Waals surface area contributed by atoms with Crippen molar-refractivity contribution in [2.24, 2.45) is 11.8 Å². The number of Topliss-reactive ketones (excluding diaryl/α,β-unsaturated/α-hetero) is 2. The van der Waals surface area contributed by atoms with Crippen molar-refractivity contribution >= 4 is 23.5 Å². The Morgan fingerprint density at radius 2 is 1.05 bits per heavy atom. The van der Waals surface area contributed by atoms with Crippen molar-refractivity contribution in [3.8, 4) is 0 Å². The Kier molecular flexibility index (Phi) is 9.74. The highest BCUT2D eigenvalue weighted by Crippen LogP contribution is 2.01. The Morgan fingerprint density at radius 1 is 0.727 bits per heavy atom. The van der Waals surface area contributed by atoms with E-state index < -0.39 is 11.9 Å². The van der Waals surface area contributed by atoms with Gasteiger partial charge in [0.1, 0.15) is 13.2 Å². The van der Waals surface area contributed by atoms with E-state index in [1.165, 1.54) is 0 Å². The van der Waals surface area contributed by atoms with Crippen molar-refractivity contribution in [3.05, 3.63) is 12.2 Å². The summed E-state index contributed by atoms with van der Waals surface area (Å²) in [7, 11) is 0. The second-order valence-electron chi connectivity index (χ2n) is 5.82. The van der Waals surface area contributed by atoms with E-state index in [1.807, 2.05) is 27.7 Å². The number of rotatable bonds is 10. The van der Waals surface area contributed by atoms with Gasteiger partial charge in [-0.2, -0.15) is 0 Å². The minimum atomic E-state index is -0.803. The molecule has 0 bridgehead atoms. The van der Waals surface area contributed by atoms with Crippen LogP contribution in [0.2, 0.25) is 0 Å². The van der Waals surface area contributed by atoms with Crippen LogP contribution >= 0.6 is 0 Å². The predicted octanol–water partition coefficient (Wildman–Crippen LogP) is 1.86. The number of ketones is 2. The van der Waals surface area contributed by atoms with Crippen molar-refractivity contribution in [3.63, 3.8) is 0 Å². The lowest BCUT2D eigenvalue weighted by atomic mass is 10.1. The molecule has 0 fully saturated rings. The smallest absolute Gasteiger partial charge is 0.331 e. The minimum Gasteiger partial charge on any atom is -0.455 e. The number of carbonyl (C=O) groups excluding carboxylic acids is 4. The Hall–Kier alpha value is -1.98. The quantitative estimate of drug-likeness (QED) is 0.452. The van der Waals surface area contributed by atoms with Gasteiger partial charge in [-0.3, -0.25) is 9.59 Å². The van der Waals surface area contributed by atoms with Crippen LogP contribution in [-0.2, 0) is 28.7 Å². The van der Waals surface area contributed by atoms with Gasteiger partial charge in [-0.15, -0.1) is 0 Å². The predicted molar refractivity (Wildman–Crippen MR) is 80.0 cm³/mol. The summed E-state index contributed by atoms with van der Waals surface area (Å²) in [6.45, 7) is 6.91. The lowest BCUT2D eigenvalue weighted by Gasteiger charge is -2.04. The molecule has 0 aliphatic rings. The maximum Gasteiger partial charge on any atom is 0.331 e. The lowest BCUT2D eigenvalue weighted by molar-refractivity contribution is -0.145. The second-order valence-corrected chi connectivity index (χ2v) is 5.82. The first-order valence-electron chi connectivity index (χ1n) is 7.25. The molecule has 0 saturated carbocycles. The third-order valence-corrected chi connectivity index (χ3v) is 2.38. The zero-order valence-corrected chi connectivity index (χ0v) is 13.6. The van der Waals surface area contributed by atoms with Gasteiger partial charge in [0.25, 0.3) is 0 Å². The third-order valence-electron chi connectivity index (χ3n) is 2.38. The topological polar surface area (TPSA) is 86.7 Å². The van der Waals surface area contributed by atoms with Gasteiger partial charge in [0.05, 0.1) is 0 Å². The summed E-state index contributed by atoms with van der Waals surface area (Å²) < 4.78 is 9.37. The SMILES string of the molecule is CC(C)CC(=O)COC(=O)/C=C/C(=O)OCC(=O)CC(C)C. The van der Waals surface area contributed by atoms with E-state index in [-0.39, 0.29) is 36.6 Å². The Labute approximate surface area is 130 Å². The van der Waals surface area contributed by atoms with Crippen LogP contribution in [0.15, 0.2) is 12.2 Å². The van der Waals surface area contributed by atoms with E-state index in [2.05, 4.69) is 9.47 Å². The summed E-state index contributed by atoms with van der Waals surface area (Å²) in [5.74, 6) is -1.58. The van der Waals surface area contributed by atoms with Crippen LogP contribution in [0.25, 0.3) is 0 Å². The monoisotopic (exact) mass is 312 g/mol. The zero-order chi connectivity index (χ0) is 17.1. The molecule has 6 nitrogen and oxygen atoms in total. The molecule has 0 aliphatic heterocycles. The molecule has 0 saturated heterocycles. The van der Waals surface area contributed by atoms with Crippen LogP contribution in [-0.4, -0.2) is 36.7 Å². The fraction of sp³-hybridized carbons (Fsp3) is 0.625. The highest BCUT2D eigenvalue weighted by Gasteiger charge is 2.09. The van der Waals surface area contributed by atoms with Crippen molar-refractivity contribution in [1.29, 1.82) is 0 Å². The first-order valence-corrected chi connectivity index (χ1v) is 7.25. The van der Waals surface area contributed by atoms with Crippen molar-refractivity contribution in [2.45, 2.75) is 40.5 Å². The molecule has 0 rings (SSSR count). The molecule has 0 aromatic rings. The largest absolute Gasteiger partial charge is 0.455 e. The van der Waals surface area contributed by atoms with Crippen LogP contribution in [0.3, 0.4) is 0 Å². The Balaban J connectivity index is 3.99. The zero-order valence-electron chi connectivity index (χ0n) is 13.6. The van der Waals surface area contributed by atoms with Crippen LogP contribution in [0.4, 0.5) is 0 Å². The van der Waals surface area contributed by atoms with Crippen LogP contribution in [0, 0.1) is 11.8 Å². The van der Waals surface area contributed by atoms with Gasteiger partial charge in [-0.05, 0) is 11.8 Å². The highest BCUT2D eigenvalue weighted by atomic mass is 16.5. The molecule has 0 aromatic heterocycles. The second kappa shape index (κ2) is 10.7. The van der Waals surface area contributed by atoms with E-state index in [0.717, 1.165) is 12.2 Å². The summed E-state index contributed by atoms with van der Waals surface area (Å²) in [6.07, 6.45) is 2.41. The van der Waals surface area contributed by atoms with E-state index >= 15 is 0 Å². The van der Waals surface area contributed by atoms with Gasteiger partial charge in [-0.1, -0.05) is 27.7 Å². The number of ether oxygens (including phenoxy) is 2. The normalized spacial score (nSPS) is 11.0. The maximum atomic E-state index is 11.3. The Bertz CT molecular complexity index is 394. The molecule has 0 atom stereocenters. The van der Waals surface area contributed by atoms with E-state index in [1.54, 1.807) is 0 Å². The van der Waals surface area contributed by atoms with E-state index in [4.69, 9.17) is 0 Å². The summed E-state index contributed by atoms with van der Waals surface area (Å²) >= 11 is 0. The van der Waals surface area contributed by atoms with Gasteiger partial charge in [0.15, 0.2) is 11.6 Å². The fourth-order valence-electron chi connectivity index (χ4n) is 1.56. The molecule has 6 heteroatoms. The van der Waals surface area contributed by atoms with Crippen LogP contribution in [0.5, 0.6) is 0 Å². The first-order chi connectivity index (χ1) is 10.2. The van der Waals surface area contributed by atoms with Gasteiger partial charge in [0, 0.05) is 25.0 Å². The molecule has 0 N–H and O–H groups in total.